The van der Waals surface area contributed by atoms with Gasteiger partial charge in [0, 0.05) is 12.3 Å². The van der Waals surface area contributed by atoms with Crippen molar-refractivity contribution in [3.63, 3.8) is 0 Å². The van der Waals surface area contributed by atoms with Gasteiger partial charge in [-0.05, 0) is 98.2 Å². The molecule has 0 aliphatic heterocycles. The van der Waals surface area contributed by atoms with E-state index < -0.39 is 12.1 Å². The van der Waals surface area contributed by atoms with Crippen molar-refractivity contribution < 1.29 is 18.0 Å². The zero-order valence-corrected chi connectivity index (χ0v) is 20.7. The molecule has 0 aromatic carbocycles. The van der Waals surface area contributed by atoms with Crippen molar-refractivity contribution in [1.29, 1.82) is 0 Å². The van der Waals surface area contributed by atoms with Crippen LogP contribution in [-0.4, -0.2) is 12.0 Å². The number of Topliss-reactive ketones (excluding diaryl/α,β-unsaturated/α-hetero) is 1. The standard InChI is InChI=1S/C25H39F3O.C2H6/c1-15(2)22(29)14-17-6-8-20-19-7-5-16-13-18(25(26,27)28)9-11-23(16,3)21(19)10-12-24(17,20)4;1-2/h15-21H,5-14H2,1-4H3;1-2H3/t16?,17?,18?,19?,20?,21?,23?,24-;/m1./s1. The fourth-order valence-corrected chi connectivity index (χ4v) is 8.48. The molecule has 0 N–H and O–H groups in total. The molecule has 0 spiro atoms. The molecule has 0 bridgehead atoms. The van der Waals surface area contributed by atoms with Crippen molar-refractivity contribution in [1.82, 2.24) is 0 Å². The van der Waals surface area contributed by atoms with Crippen molar-refractivity contribution in [3.8, 4) is 0 Å². The Bertz CT molecular complexity index is 641. The molecule has 31 heavy (non-hydrogen) atoms. The lowest BCUT2D eigenvalue weighted by atomic mass is 9.44. The minimum Gasteiger partial charge on any atom is -0.299 e. The van der Waals surface area contributed by atoms with Crippen molar-refractivity contribution in [3.05, 3.63) is 0 Å². The number of ketones is 1. The maximum absolute atomic E-state index is 13.4. The molecule has 0 radical (unpaired) electrons. The van der Waals surface area contributed by atoms with Crippen LogP contribution in [0.15, 0.2) is 0 Å². The van der Waals surface area contributed by atoms with Gasteiger partial charge in [-0.25, -0.2) is 0 Å². The quantitative estimate of drug-likeness (QED) is 0.428. The van der Waals surface area contributed by atoms with Gasteiger partial charge >= 0.3 is 6.18 Å². The second-order valence-electron chi connectivity index (χ2n) is 11.8. The first-order valence-electron chi connectivity index (χ1n) is 13.1. The fourth-order valence-electron chi connectivity index (χ4n) is 8.48. The van der Waals surface area contributed by atoms with Gasteiger partial charge in [0.2, 0.25) is 0 Å². The van der Waals surface area contributed by atoms with E-state index in [0.29, 0.717) is 42.3 Å². The minimum absolute atomic E-state index is 0.0951. The molecule has 8 atom stereocenters. The van der Waals surface area contributed by atoms with Crippen LogP contribution in [0.3, 0.4) is 0 Å². The van der Waals surface area contributed by atoms with E-state index in [1.54, 1.807) is 0 Å². The van der Waals surface area contributed by atoms with E-state index in [9.17, 15) is 18.0 Å². The van der Waals surface area contributed by atoms with Gasteiger partial charge in [0.05, 0.1) is 5.92 Å². The van der Waals surface area contributed by atoms with Crippen molar-refractivity contribution in [2.45, 2.75) is 112 Å². The summed E-state index contributed by atoms with van der Waals surface area (Å²) in [6.45, 7) is 12.8. The molecule has 4 fully saturated rings. The zero-order chi connectivity index (χ0) is 23.2. The second kappa shape index (κ2) is 9.01. The molecular formula is C27H45F3O. The van der Waals surface area contributed by atoms with Gasteiger partial charge in [-0.2, -0.15) is 13.2 Å². The fraction of sp³-hybridized carbons (Fsp3) is 0.963. The lowest BCUT2D eigenvalue weighted by Crippen LogP contribution is -2.54. The van der Waals surface area contributed by atoms with E-state index in [1.165, 1.54) is 19.3 Å². The molecule has 1 nitrogen and oxygen atoms in total. The molecule has 4 rings (SSSR count). The smallest absolute Gasteiger partial charge is 0.299 e. The Morgan fingerprint density at radius 3 is 2.13 bits per heavy atom. The predicted molar refractivity (Wildman–Crippen MR) is 121 cm³/mol. The second-order valence-corrected chi connectivity index (χ2v) is 11.8. The van der Waals surface area contributed by atoms with Crippen LogP contribution in [0, 0.1) is 52.3 Å². The lowest BCUT2D eigenvalue weighted by molar-refractivity contribution is -0.208. The maximum atomic E-state index is 13.4. The van der Waals surface area contributed by atoms with E-state index in [4.69, 9.17) is 0 Å². The van der Waals surface area contributed by atoms with Gasteiger partial charge in [0.25, 0.3) is 0 Å². The van der Waals surface area contributed by atoms with E-state index in [2.05, 4.69) is 13.8 Å². The largest absolute Gasteiger partial charge is 0.391 e. The number of carbonyl (C=O) groups excluding carboxylic acids is 1. The first-order valence-corrected chi connectivity index (χ1v) is 13.1. The number of hydrogen-bond donors (Lipinski definition) is 0. The van der Waals surface area contributed by atoms with Crippen LogP contribution in [0.4, 0.5) is 13.2 Å². The highest BCUT2D eigenvalue weighted by molar-refractivity contribution is 5.80. The molecule has 4 heteroatoms. The van der Waals surface area contributed by atoms with Crippen molar-refractivity contribution in [2.24, 2.45) is 52.3 Å². The predicted octanol–water partition coefficient (Wildman–Crippen LogP) is 8.47. The molecule has 0 saturated heterocycles. The third-order valence-electron chi connectivity index (χ3n) is 10.4. The normalized spacial score (nSPS) is 44.6. The van der Waals surface area contributed by atoms with Crippen LogP contribution in [0.5, 0.6) is 0 Å². The summed E-state index contributed by atoms with van der Waals surface area (Å²) >= 11 is 0. The summed E-state index contributed by atoms with van der Waals surface area (Å²) in [6, 6.07) is 0. The number of hydrogen-bond acceptors (Lipinski definition) is 1. The highest BCUT2D eigenvalue weighted by atomic mass is 19.4. The van der Waals surface area contributed by atoms with Crippen LogP contribution >= 0.6 is 0 Å². The Hall–Kier alpha value is -0.540. The molecular weight excluding hydrogens is 397 g/mol. The Morgan fingerprint density at radius 2 is 1.52 bits per heavy atom. The number of fused-ring (bicyclic) bond motifs is 5. The number of halogens is 3. The molecule has 7 unspecified atom stereocenters. The van der Waals surface area contributed by atoms with Gasteiger partial charge in [0.1, 0.15) is 5.78 Å². The molecule has 4 saturated carbocycles. The third-order valence-corrected chi connectivity index (χ3v) is 10.4. The van der Waals surface area contributed by atoms with E-state index in [-0.39, 0.29) is 22.7 Å². The molecule has 180 valence electrons. The Balaban J connectivity index is 0.00000132. The number of carbonyl (C=O) groups is 1. The zero-order valence-electron chi connectivity index (χ0n) is 20.7. The molecule has 4 aliphatic rings. The highest BCUT2D eigenvalue weighted by Gasteiger charge is 2.61. The molecule has 4 aliphatic carbocycles. The van der Waals surface area contributed by atoms with Crippen LogP contribution in [0.2, 0.25) is 0 Å². The topological polar surface area (TPSA) is 17.1 Å². The summed E-state index contributed by atoms with van der Waals surface area (Å²) in [5.74, 6) is 2.12. The van der Waals surface area contributed by atoms with Gasteiger partial charge in [-0.15, -0.1) is 0 Å². The molecule has 0 aromatic rings. The highest BCUT2D eigenvalue weighted by Crippen LogP contribution is 2.68. The third kappa shape index (κ3) is 4.35. The first kappa shape index (κ1) is 25.1. The van der Waals surface area contributed by atoms with Gasteiger partial charge < -0.3 is 0 Å². The summed E-state index contributed by atoms with van der Waals surface area (Å²) in [5, 5.41) is 0. The van der Waals surface area contributed by atoms with Crippen molar-refractivity contribution in [2.75, 3.05) is 0 Å². The Labute approximate surface area is 188 Å². The summed E-state index contributed by atoms with van der Waals surface area (Å²) < 4.78 is 40.1. The molecule has 0 aromatic heterocycles. The van der Waals surface area contributed by atoms with Gasteiger partial charge in [-0.3, -0.25) is 4.79 Å². The van der Waals surface area contributed by atoms with Crippen LogP contribution in [0.1, 0.15) is 106 Å². The van der Waals surface area contributed by atoms with E-state index >= 15 is 0 Å². The lowest BCUT2D eigenvalue weighted by Gasteiger charge is -2.61. The Kier molecular flexibility index (Phi) is 7.29. The average molecular weight is 443 g/mol. The summed E-state index contributed by atoms with van der Waals surface area (Å²) in [4.78, 5) is 12.5. The number of rotatable bonds is 3. The SMILES string of the molecule is CC.CC(C)C(=O)CC1CCC2C3CCC4CC(C(F)(F)F)CCC4(C)C3CC[C@]12C. The first-order chi connectivity index (χ1) is 14.5. The average Bonchev–Trinajstić information content (AvgIpc) is 3.04. The van der Waals surface area contributed by atoms with Gasteiger partial charge in [-0.1, -0.05) is 41.5 Å². The van der Waals surface area contributed by atoms with Gasteiger partial charge in [0.15, 0.2) is 0 Å². The summed E-state index contributed by atoms with van der Waals surface area (Å²) in [5.41, 5.74) is 0.357. The minimum atomic E-state index is -4.02. The maximum Gasteiger partial charge on any atom is 0.391 e. The number of alkyl halides is 3. The summed E-state index contributed by atoms with van der Waals surface area (Å²) in [6.07, 6.45) is 4.95. The van der Waals surface area contributed by atoms with Crippen LogP contribution < -0.4 is 0 Å². The Morgan fingerprint density at radius 1 is 0.903 bits per heavy atom. The molecule has 0 amide bonds. The monoisotopic (exact) mass is 442 g/mol. The molecule has 0 heterocycles. The van der Waals surface area contributed by atoms with Crippen LogP contribution in [0.25, 0.3) is 0 Å². The van der Waals surface area contributed by atoms with Crippen LogP contribution in [-0.2, 0) is 4.79 Å². The van der Waals surface area contributed by atoms with Crippen molar-refractivity contribution >= 4 is 5.78 Å². The van der Waals surface area contributed by atoms with E-state index in [0.717, 1.165) is 32.1 Å². The van der Waals surface area contributed by atoms with E-state index in [1.807, 2.05) is 27.7 Å². The summed E-state index contributed by atoms with van der Waals surface area (Å²) in [7, 11) is 0.